The van der Waals surface area contributed by atoms with Gasteiger partial charge < -0.3 is 0 Å². The molecule has 1 aliphatic heterocycles. The highest BCUT2D eigenvalue weighted by atomic mass is 35.5. The molecule has 1 amide bonds. The predicted octanol–water partition coefficient (Wildman–Crippen LogP) is 4.43. The Morgan fingerprint density at radius 3 is 2.68 bits per heavy atom. The van der Waals surface area contributed by atoms with Gasteiger partial charge in [0.05, 0.1) is 10.6 Å². The number of nitro benzene ring substituents is 1. The fourth-order valence-corrected chi connectivity index (χ4v) is 3.50. The molecule has 2 aromatic carbocycles. The van der Waals surface area contributed by atoms with Crippen LogP contribution in [0.15, 0.2) is 47.5 Å². The number of thioether (sulfide) groups is 1. The SMILES string of the molecule is Cc1c(Cl)cccc1N=C1SCCN1C(=O)c1ccc([N+](=O)[O-])cc1. The maximum atomic E-state index is 12.7. The van der Waals surface area contributed by atoms with Gasteiger partial charge in [0.1, 0.15) is 0 Å². The van der Waals surface area contributed by atoms with Crippen molar-refractivity contribution in [1.82, 2.24) is 4.90 Å². The number of carbonyl (C=O) groups excluding carboxylic acids is 1. The van der Waals surface area contributed by atoms with Crippen LogP contribution in [0.5, 0.6) is 0 Å². The van der Waals surface area contributed by atoms with Crippen LogP contribution in [0.25, 0.3) is 0 Å². The second-order valence-corrected chi connectivity index (χ2v) is 6.86. The standard InChI is InChI=1S/C17H14ClN3O3S/c1-11-14(18)3-2-4-15(11)19-17-20(9-10-25-17)16(22)12-5-7-13(8-6-12)21(23)24/h2-8H,9-10H2,1H3. The van der Waals surface area contributed by atoms with Crippen molar-refractivity contribution in [3.8, 4) is 0 Å². The van der Waals surface area contributed by atoms with Crippen molar-refractivity contribution in [3.63, 3.8) is 0 Å². The van der Waals surface area contributed by atoms with Crippen LogP contribution in [0.1, 0.15) is 15.9 Å². The summed E-state index contributed by atoms with van der Waals surface area (Å²) in [6, 6.07) is 11.0. The molecule has 0 N–H and O–H groups in total. The van der Waals surface area contributed by atoms with Gasteiger partial charge in [-0.25, -0.2) is 4.99 Å². The number of nitrogens with zero attached hydrogens (tertiary/aromatic N) is 3. The second kappa shape index (κ2) is 7.25. The van der Waals surface area contributed by atoms with Gasteiger partial charge in [0.15, 0.2) is 5.17 Å². The Labute approximate surface area is 153 Å². The number of nitro groups is 1. The van der Waals surface area contributed by atoms with Gasteiger partial charge in [-0.05, 0) is 36.8 Å². The molecule has 6 nitrogen and oxygen atoms in total. The molecule has 0 unspecified atom stereocenters. The fraction of sp³-hybridized carbons (Fsp3) is 0.176. The number of amidine groups is 1. The summed E-state index contributed by atoms with van der Waals surface area (Å²) in [6.45, 7) is 2.42. The average Bonchev–Trinajstić information content (AvgIpc) is 3.06. The first-order valence-corrected chi connectivity index (χ1v) is 8.86. The van der Waals surface area contributed by atoms with E-state index in [1.54, 1.807) is 11.0 Å². The monoisotopic (exact) mass is 375 g/mol. The van der Waals surface area contributed by atoms with Gasteiger partial charge in [-0.2, -0.15) is 0 Å². The zero-order valence-corrected chi connectivity index (χ0v) is 14.9. The lowest BCUT2D eigenvalue weighted by Gasteiger charge is -2.16. The number of hydrogen-bond acceptors (Lipinski definition) is 5. The third-order valence-electron chi connectivity index (χ3n) is 3.80. The lowest BCUT2D eigenvalue weighted by atomic mass is 10.2. The molecule has 0 bridgehead atoms. The van der Waals surface area contributed by atoms with E-state index in [1.807, 2.05) is 19.1 Å². The van der Waals surface area contributed by atoms with Crippen molar-refractivity contribution in [2.75, 3.05) is 12.3 Å². The molecule has 25 heavy (non-hydrogen) atoms. The molecule has 0 atom stereocenters. The molecule has 1 saturated heterocycles. The van der Waals surface area contributed by atoms with E-state index in [1.165, 1.54) is 36.0 Å². The summed E-state index contributed by atoms with van der Waals surface area (Å²) in [7, 11) is 0. The lowest BCUT2D eigenvalue weighted by molar-refractivity contribution is -0.384. The van der Waals surface area contributed by atoms with E-state index < -0.39 is 4.92 Å². The number of non-ortho nitro benzene ring substituents is 1. The quantitative estimate of drug-likeness (QED) is 0.587. The minimum atomic E-state index is -0.491. The van der Waals surface area contributed by atoms with E-state index in [2.05, 4.69) is 4.99 Å². The first-order chi connectivity index (χ1) is 12.0. The van der Waals surface area contributed by atoms with E-state index >= 15 is 0 Å². The smallest absolute Gasteiger partial charge is 0.269 e. The molecule has 1 heterocycles. The summed E-state index contributed by atoms with van der Waals surface area (Å²) >= 11 is 7.62. The van der Waals surface area contributed by atoms with Crippen LogP contribution in [0, 0.1) is 17.0 Å². The molecular formula is C17H14ClN3O3S. The Bertz CT molecular complexity index is 868. The Hall–Kier alpha value is -2.38. The van der Waals surface area contributed by atoms with E-state index in [0.717, 1.165) is 17.0 Å². The summed E-state index contributed by atoms with van der Waals surface area (Å²) in [5.74, 6) is 0.523. The third kappa shape index (κ3) is 3.67. The van der Waals surface area contributed by atoms with E-state index in [4.69, 9.17) is 11.6 Å². The van der Waals surface area contributed by atoms with Crippen LogP contribution in [0.4, 0.5) is 11.4 Å². The molecular weight excluding hydrogens is 362 g/mol. The molecule has 0 radical (unpaired) electrons. The van der Waals surface area contributed by atoms with Gasteiger partial charge in [0.25, 0.3) is 11.6 Å². The van der Waals surface area contributed by atoms with Gasteiger partial charge in [-0.1, -0.05) is 29.4 Å². The number of carbonyl (C=O) groups is 1. The van der Waals surface area contributed by atoms with E-state index in [-0.39, 0.29) is 11.6 Å². The molecule has 0 aromatic heterocycles. The van der Waals surface area contributed by atoms with Gasteiger partial charge in [0.2, 0.25) is 0 Å². The largest absolute Gasteiger partial charge is 0.286 e. The fourth-order valence-electron chi connectivity index (χ4n) is 2.38. The zero-order valence-electron chi connectivity index (χ0n) is 13.3. The van der Waals surface area contributed by atoms with Gasteiger partial charge in [-0.15, -0.1) is 0 Å². The van der Waals surface area contributed by atoms with Crippen molar-refractivity contribution >= 4 is 45.8 Å². The molecule has 8 heteroatoms. The van der Waals surface area contributed by atoms with Crippen molar-refractivity contribution in [1.29, 1.82) is 0 Å². The number of amides is 1. The van der Waals surface area contributed by atoms with Crippen LogP contribution in [0.2, 0.25) is 5.02 Å². The van der Waals surface area contributed by atoms with Crippen LogP contribution >= 0.6 is 23.4 Å². The topological polar surface area (TPSA) is 75.8 Å². The van der Waals surface area contributed by atoms with Crippen molar-refractivity contribution in [2.24, 2.45) is 4.99 Å². The van der Waals surface area contributed by atoms with E-state index in [0.29, 0.717) is 22.3 Å². The number of aliphatic imine (C=N–C) groups is 1. The number of hydrogen-bond donors (Lipinski definition) is 0. The molecule has 3 rings (SSSR count). The summed E-state index contributed by atoms with van der Waals surface area (Å²) in [4.78, 5) is 29.1. The summed E-state index contributed by atoms with van der Waals surface area (Å²) in [5.41, 5.74) is 1.92. The molecule has 1 fully saturated rings. The van der Waals surface area contributed by atoms with Crippen molar-refractivity contribution in [2.45, 2.75) is 6.92 Å². The number of rotatable bonds is 3. The van der Waals surface area contributed by atoms with Gasteiger partial charge in [-0.3, -0.25) is 19.8 Å². The average molecular weight is 376 g/mol. The summed E-state index contributed by atoms with van der Waals surface area (Å²) in [5, 5.41) is 12.0. The van der Waals surface area contributed by atoms with Gasteiger partial charge >= 0.3 is 0 Å². The van der Waals surface area contributed by atoms with Crippen molar-refractivity contribution < 1.29 is 9.72 Å². The minimum absolute atomic E-state index is 0.0456. The Kier molecular flexibility index (Phi) is 5.06. The maximum absolute atomic E-state index is 12.7. The highest BCUT2D eigenvalue weighted by Gasteiger charge is 2.27. The molecule has 1 aliphatic rings. The summed E-state index contributed by atoms with van der Waals surface area (Å²) < 4.78 is 0. The van der Waals surface area contributed by atoms with Crippen molar-refractivity contribution in [3.05, 3.63) is 68.7 Å². The number of benzene rings is 2. The second-order valence-electron chi connectivity index (χ2n) is 5.39. The van der Waals surface area contributed by atoms with Gasteiger partial charge in [0, 0.05) is 35.0 Å². The highest BCUT2D eigenvalue weighted by molar-refractivity contribution is 8.14. The zero-order chi connectivity index (χ0) is 18.0. The van der Waals surface area contributed by atoms with Crippen LogP contribution in [0.3, 0.4) is 0 Å². The molecule has 0 aliphatic carbocycles. The molecule has 128 valence electrons. The Morgan fingerprint density at radius 1 is 1.28 bits per heavy atom. The highest BCUT2D eigenvalue weighted by Crippen LogP contribution is 2.29. The van der Waals surface area contributed by atoms with Crippen LogP contribution in [-0.4, -0.2) is 33.2 Å². The molecule has 0 saturated carbocycles. The van der Waals surface area contributed by atoms with E-state index in [9.17, 15) is 14.9 Å². The van der Waals surface area contributed by atoms with Crippen LogP contribution in [-0.2, 0) is 0 Å². The first-order valence-electron chi connectivity index (χ1n) is 7.50. The first kappa shape index (κ1) is 17.4. The molecule has 2 aromatic rings. The molecule has 0 spiro atoms. The van der Waals surface area contributed by atoms with Crippen LogP contribution < -0.4 is 0 Å². The maximum Gasteiger partial charge on any atom is 0.269 e. The predicted molar refractivity (Wildman–Crippen MR) is 99.9 cm³/mol. The normalized spacial score (nSPS) is 15.6. The number of halogens is 1. The third-order valence-corrected chi connectivity index (χ3v) is 5.17. The Balaban J connectivity index is 1.88. The summed E-state index contributed by atoms with van der Waals surface area (Å²) in [6.07, 6.45) is 0. The lowest BCUT2D eigenvalue weighted by Crippen LogP contribution is -2.31. The minimum Gasteiger partial charge on any atom is -0.286 e. The Morgan fingerprint density at radius 2 is 2.00 bits per heavy atom.